The minimum atomic E-state index is -0.0186. The van der Waals surface area contributed by atoms with Crippen molar-refractivity contribution >= 4 is 21.6 Å². The number of fused-ring (bicyclic) bond motifs is 1. The first-order valence-electron chi connectivity index (χ1n) is 6.02. The fraction of sp³-hybridized carbons (Fsp3) is 0.462. The predicted molar refractivity (Wildman–Crippen MR) is 66.9 cm³/mol. The summed E-state index contributed by atoms with van der Waals surface area (Å²) in [6.07, 6.45) is 1.92. The van der Waals surface area contributed by atoms with E-state index in [0.29, 0.717) is 0 Å². The zero-order chi connectivity index (χ0) is 11.5. The third-order valence-electron chi connectivity index (χ3n) is 2.98. The summed E-state index contributed by atoms with van der Waals surface area (Å²) in [4.78, 5) is 0. The summed E-state index contributed by atoms with van der Waals surface area (Å²) < 4.78 is 14.7. The molecule has 0 radical (unpaired) electrons. The topological polar surface area (TPSA) is 22.3 Å². The monoisotopic (exact) mass is 250 g/mol. The molecule has 0 unspecified atom stereocenters. The Morgan fingerprint density at radius 1 is 1.24 bits per heavy atom. The lowest BCUT2D eigenvalue weighted by molar-refractivity contribution is -0.669. The fourth-order valence-corrected chi connectivity index (χ4v) is 3.02. The molecule has 90 valence electrons. The van der Waals surface area contributed by atoms with Gasteiger partial charge < -0.3 is 9.47 Å². The van der Waals surface area contributed by atoms with Gasteiger partial charge in [-0.15, -0.1) is 0 Å². The number of aromatic nitrogens is 1. The Kier molecular flexibility index (Phi) is 3.36. The van der Waals surface area contributed by atoms with Gasteiger partial charge in [0.2, 0.25) is 11.0 Å². The van der Waals surface area contributed by atoms with Crippen LogP contribution >= 0.6 is 11.3 Å². The van der Waals surface area contributed by atoms with Crippen molar-refractivity contribution in [2.75, 3.05) is 13.2 Å². The van der Waals surface area contributed by atoms with Crippen LogP contribution in [0.2, 0.25) is 0 Å². The first-order chi connectivity index (χ1) is 8.43. The molecule has 0 atom stereocenters. The van der Waals surface area contributed by atoms with Gasteiger partial charge in [0.05, 0.1) is 19.6 Å². The van der Waals surface area contributed by atoms with Gasteiger partial charge in [0.1, 0.15) is 4.70 Å². The van der Waals surface area contributed by atoms with Crippen LogP contribution in [0.1, 0.15) is 12.8 Å². The van der Waals surface area contributed by atoms with Gasteiger partial charge >= 0.3 is 0 Å². The first kappa shape index (κ1) is 11.1. The second-order valence-corrected chi connectivity index (χ2v) is 5.08. The van der Waals surface area contributed by atoms with Gasteiger partial charge in [0.15, 0.2) is 12.8 Å². The number of thiazole rings is 1. The summed E-state index contributed by atoms with van der Waals surface area (Å²) in [5.74, 6) is 0. The van der Waals surface area contributed by atoms with Crippen molar-refractivity contribution in [3.8, 4) is 0 Å². The maximum atomic E-state index is 5.56. The summed E-state index contributed by atoms with van der Waals surface area (Å²) in [6.45, 7) is 2.62. The Labute approximate surface area is 105 Å². The molecule has 2 aromatic rings. The van der Waals surface area contributed by atoms with Gasteiger partial charge in [-0.3, -0.25) is 0 Å². The number of ether oxygens (including phenoxy) is 2. The zero-order valence-corrected chi connectivity index (χ0v) is 10.5. The van der Waals surface area contributed by atoms with Crippen LogP contribution in [0.5, 0.6) is 0 Å². The van der Waals surface area contributed by atoms with Gasteiger partial charge in [0, 0.05) is 6.07 Å². The van der Waals surface area contributed by atoms with E-state index in [1.807, 2.05) is 0 Å². The molecule has 1 fully saturated rings. The molecule has 0 spiro atoms. The van der Waals surface area contributed by atoms with Crippen molar-refractivity contribution in [1.29, 1.82) is 0 Å². The van der Waals surface area contributed by atoms with Crippen molar-refractivity contribution in [2.45, 2.75) is 25.7 Å². The highest BCUT2D eigenvalue weighted by Gasteiger charge is 2.18. The molecule has 0 amide bonds. The molecule has 0 N–H and O–H groups in total. The molecule has 0 bridgehead atoms. The normalized spacial score (nSPS) is 17.6. The maximum absolute atomic E-state index is 5.56. The molecule has 0 aliphatic carbocycles. The highest BCUT2D eigenvalue weighted by atomic mass is 32.1. The second-order valence-electron chi connectivity index (χ2n) is 4.20. The number of nitrogens with zero attached hydrogens (tertiary/aromatic N) is 1. The minimum Gasteiger partial charge on any atom is -0.352 e. The molecule has 3 rings (SSSR count). The summed E-state index contributed by atoms with van der Waals surface area (Å²) >= 11 is 1.78. The molecular weight excluding hydrogens is 234 g/mol. The number of hydrogen-bond acceptors (Lipinski definition) is 3. The molecule has 2 heterocycles. The lowest BCUT2D eigenvalue weighted by atomic mass is 10.3. The molecule has 1 aliphatic rings. The second kappa shape index (κ2) is 5.12. The van der Waals surface area contributed by atoms with Crippen LogP contribution in [-0.2, 0) is 16.0 Å². The number of para-hydroxylation sites is 1. The van der Waals surface area contributed by atoms with E-state index in [-0.39, 0.29) is 6.29 Å². The Bertz CT molecular complexity index is 491. The van der Waals surface area contributed by atoms with Crippen molar-refractivity contribution in [3.63, 3.8) is 0 Å². The van der Waals surface area contributed by atoms with E-state index in [1.54, 1.807) is 11.3 Å². The van der Waals surface area contributed by atoms with Crippen LogP contribution in [-0.4, -0.2) is 19.5 Å². The number of hydrogen-bond donors (Lipinski definition) is 0. The SMILES string of the molecule is c1ccc2c(c1)sc[n+]2CCC1OCCCO1. The molecular formula is C13H16NO2S+. The van der Waals surface area contributed by atoms with E-state index in [1.165, 1.54) is 10.2 Å². The van der Waals surface area contributed by atoms with Crippen LogP contribution in [0.4, 0.5) is 0 Å². The molecule has 0 saturated carbocycles. The fourth-order valence-electron chi connectivity index (χ4n) is 2.09. The Hall–Kier alpha value is -0.970. The van der Waals surface area contributed by atoms with Gasteiger partial charge in [0.25, 0.3) is 0 Å². The van der Waals surface area contributed by atoms with Crippen molar-refractivity contribution < 1.29 is 14.0 Å². The molecule has 17 heavy (non-hydrogen) atoms. The van der Waals surface area contributed by atoms with Gasteiger partial charge in [-0.1, -0.05) is 23.5 Å². The molecule has 4 heteroatoms. The summed E-state index contributed by atoms with van der Waals surface area (Å²) in [5, 5.41) is 0. The summed E-state index contributed by atoms with van der Waals surface area (Å²) in [5.41, 5.74) is 3.47. The lowest BCUT2D eigenvalue weighted by Gasteiger charge is -2.21. The van der Waals surface area contributed by atoms with Crippen molar-refractivity contribution in [2.24, 2.45) is 0 Å². The highest BCUT2D eigenvalue weighted by molar-refractivity contribution is 7.16. The van der Waals surface area contributed by atoms with Crippen LogP contribution in [0.25, 0.3) is 10.2 Å². The van der Waals surface area contributed by atoms with Crippen LogP contribution in [0.3, 0.4) is 0 Å². The van der Waals surface area contributed by atoms with Crippen molar-refractivity contribution in [3.05, 3.63) is 29.8 Å². The first-order valence-corrected chi connectivity index (χ1v) is 6.90. The number of benzene rings is 1. The van der Waals surface area contributed by atoms with E-state index < -0.39 is 0 Å². The summed E-state index contributed by atoms with van der Waals surface area (Å²) in [6, 6.07) is 8.48. The third kappa shape index (κ3) is 2.49. The Balaban J connectivity index is 1.68. The van der Waals surface area contributed by atoms with E-state index in [4.69, 9.17) is 9.47 Å². The lowest BCUT2D eigenvalue weighted by Crippen LogP contribution is -2.36. The highest BCUT2D eigenvalue weighted by Crippen LogP contribution is 2.16. The van der Waals surface area contributed by atoms with E-state index in [9.17, 15) is 0 Å². The minimum absolute atomic E-state index is 0.0186. The van der Waals surface area contributed by atoms with Gasteiger partial charge in [-0.05, 0) is 12.5 Å². The van der Waals surface area contributed by atoms with E-state index in [2.05, 4.69) is 34.3 Å². The molecule has 1 aromatic heterocycles. The quantitative estimate of drug-likeness (QED) is 0.780. The zero-order valence-electron chi connectivity index (χ0n) is 9.67. The molecule has 1 saturated heterocycles. The smallest absolute Gasteiger partial charge is 0.225 e. The van der Waals surface area contributed by atoms with E-state index >= 15 is 0 Å². The Morgan fingerprint density at radius 3 is 2.94 bits per heavy atom. The number of aryl methyl sites for hydroxylation is 1. The molecule has 1 aromatic carbocycles. The van der Waals surface area contributed by atoms with Crippen LogP contribution in [0.15, 0.2) is 29.8 Å². The number of rotatable bonds is 3. The molecule has 1 aliphatic heterocycles. The molecule has 3 nitrogen and oxygen atoms in total. The summed E-state index contributed by atoms with van der Waals surface area (Å²) in [7, 11) is 0. The predicted octanol–water partition coefficient (Wildman–Crippen LogP) is 2.34. The van der Waals surface area contributed by atoms with Gasteiger partial charge in [-0.25, -0.2) is 0 Å². The van der Waals surface area contributed by atoms with Gasteiger partial charge in [-0.2, -0.15) is 4.57 Å². The largest absolute Gasteiger partial charge is 0.352 e. The van der Waals surface area contributed by atoms with Crippen LogP contribution in [0, 0.1) is 0 Å². The standard InChI is InChI=1S/C13H16NO2S/c1-2-5-12-11(4-1)14(10-17-12)7-6-13-15-8-3-9-16-13/h1-2,4-5,10,13H,3,6-9H2/q+1. The third-order valence-corrected chi connectivity index (χ3v) is 3.94. The maximum Gasteiger partial charge on any atom is 0.225 e. The van der Waals surface area contributed by atoms with Crippen LogP contribution < -0.4 is 4.57 Å². The average molecular weight is 250 g/mol. The van der Waals surface area contributed by atoms with E-state index in [0.717, 1.165) is 32.6 Å². The van der Waals surface area contributed by atoms with Crippen molar-refractivity contribution in [1.82, 2.24) is 0 Å². The average Bonchev–Trinajstić information content (AvgIpc) is 2.81. The Morgan fingerprint density at radius 2 is 2.06 bits per heavy atom.